The summed E-state index contributed by atoms with van der Waals surface area (Å²) >= 11 is 5.89. The molecule has 0 fully saturated rings. The molecule has 1 atom stereocenters. The number of fused-ring (bicyclic) bond motifs is 2. The largest absolute Gasteiger partial charge is 0.358 e. The van der Waals surface area contributed by atoms with Crippen LogP contribution in [0.3, 0.4) is 0 Å². The van der Waals surface area contributed by atoms with Crippen LogP contribution in [0.4, 0.5) is 0 Å². The molecule has 1 aromatic heterocycles. The van der Waals surface area contributed by atoms with Crippen LogP contribution in [0.2, 0.25) is 0 Å². The molecule has 0 spiro atoms. The Bertz CT molecular complexity index is 915. The molecule has 24 heavy (non-hydrogen) atoms. The van der Waals surface area contributed by atoms with Gasteiger partial charge >= 0.3 is 0 Å². The van der Waals surface area contributed by atoms with E-state index in [0.29, 0.717) is 12.4 Å². The van der Waals surface area contributed by atoms with Gasteiger partial charge in [0.25, 0.3) is 5.91 Å². The molecule has 3 nitrogen and oxygen atoms in total. The lowest BCUT2D eigenvalue weighted by molar-refractivity contribution is 0.0751. The first-order valence-electron chi connectivity index (χ1n) is 8.25. The highest BCUT2D eigenvalue weighted by molar-refractivity contribution is 6.17. The first-order chi connectivity index (χ1) is 11.7. The van der Waals surface area contributed by atoms with Crippen LogP contribution < -0.4 is 0 Å². The number of para-hydroxylation sites is 1. The molecule has 2 aromatic carbocycles. The SMILES string of the molecule is Cc1[nH]c2ccccc2c1[C@@H]1c2ccccc2C(=O)N1CCCCl. The zero-order valence-electron chi connectivity index (χ0n) is 13.6. The number of aromatic nitrogens is 1. The van der Waals surface area contributed by atoms with Crippen molar-refractivity contribution in [3.8, 4) is 0 Å². The van der Waals surface area contributed by atoms with Crippen molar-refractivity contribution in [3.63, 3.8) is 0 Å². The average molecular weight is 339 g/mol. The van der Waals surface area contributed by atoms with E-state index < -0.39 is 0 Å². The van der Waals surface area contributed by atoms with Crippen LogP contribution >= 0.6 is 11.6 Å². The molecule has 3 aromatic rings. The van der Waals surface area contributed by atoms with E-state index in [1.807, 2.05) is 35.2 Å². The van der Waals surface area contributed by atoms with E-state index in [1.165, 1.54) is 10.9 Å². The average Bonchev–Trinajstić information content (AvgIpc) is 3.07. The minimum atomic E-state index is -0.0481. The Morgan fingerprint density at radius 1 is 1.12 bits per heavy atom. The number of halogens is 1. The molecule has 4 rings (SSSR count). The predicted molar refractivity (Wildman–Crippen MR) is 97.7 cm³/mol. The zero-order chi connectivity index (χ0) is 16.7. The molecule has 122 valence electrons. The zero-order valence-corrected chi connectivity index (χ0v) is 14.3. The van der Waals surface area contributed by atoms with Crippen molar-refractivity contribution >= 4 is 28.4 Å². The highest BCUT2D eigenvalue weighted by atomic mass is 35.5. The van der Waals surface area contributed by atoms with E-state index in [0.717, 1.165) is 28.8 Å². The van der Waals surface area contributed by atoms with Crippen LogP contribution in [-0.2, 0) is 0 Å². The third-order valence-corrected chi connectivity index (χ3v) is 5.08. The van der Waals surface area contributed by atoms with Gasteiger partial charge in [-0.25, -0.2) is 0 Å². The fourth-order valence-corrected chi connectivity index (χ4v) is 3.91. The maximum absolute atomic E-state index is 12.9. The second-order valence-electron chi connectivity index (χ2n) is 6.24. The van der Waals surface area contributed by atoms with Crippen LogP contribution in [0.5, 0.6) is 0 Å². The number of hydrogen-bond acceptors (Lipinski definition) is 1. The molecule has 0 unspecified atom stereocenters. The number of benzene rings is 2. The monoisotopic (exact) mass is 338 g/mol. The predicted octanol–water partition coefficient (Wildman–Crippen LogP) is 4.65. The molecule has 0 saturated heterocycles. The van der Waals surface area contributed by atoms with Crippen molar-refractivity contribution < 1.29 is 4.79 Å². The van der Waals surface area contributed by atoms with Crippen LogP contribution in [-0.4, -0.2) is 28.2 Å². The van der Waals surface area contributed by atoms with Gasteiger partial charge in [0.05, 0.1) is 6.04 Å². The summed E-state index contributed by atoms with van der Waals surface area (Å²) in [4.78, 5) is 18.4. The van der Waals surface area contributed by atoms with Crippen molar-refractivity contribution in [1.82, 2.24) is 9.88 Å². The summed E-state index contributed by atoms with van der Waals surface area (Å²) in [5, 5.41) is 1.18. The Balaban J connectivity index is 1.92. The summed E-state index contributed by atoms with van der Waals surface area (Å²) in [6.07, 6.45) is 0.791. The molecule has 0 radical (unpaired) electrons. The van der Waals surface area contributed by atoms with E-state index in [9.17, 15) is 4.79 Å². The van der Waals surface area contributed by atoms with Crippen LogP contribution in [0.25, 0.3) is 10.9 Å². The Hall–Kier alpha value is -2.26. The maximum Gasteiger partial charge on any atom is 0.255 e. The number of aromatic amines is 1. The number of H-pyrrole nitrogens is 1. The second-order valence-corrected chi connectivity index (χ2v) is 6.62. The fraction of sp³-hybridized carbons (Fsp3) is 0.250. The number of amides is 1. The lowest BCUT2D eigenvalue weighted by Gasteiger charge is -2.26. The van der Waals surface area contributed by atoms with Gasteiger partial charge in [-0.05, 0) is 31.0 Å². The minimum absolute atomic E-state index is 0.0481. The molecule has 0 aliphatic carbocycles. The maximum atomic E-state index is 12.9. The number of nitrogens with zero attached hydrogens (tertiary/aromatic N) is 1. The number of rotatable bonds is 4. The molecule has 1 N–H and O–H groups in total. The number of nitrogens with one attached hydrogen (secondary N) is 1. The van der Waals surface area contributed by atoms with Gasteiger partial charge in [0, 0.05) is 40.1 Å². The van der Waals surface area contributed by atoms with E-state index in [2.05, 4.69) is 30.1 Å². The van der Waals surface area contributed by atoms with Crippen molar-refractivity contribution in [2.45, 2.75) is 19.4 Å². The Morgan fingerprint density at radius 3 is 2.71 bits per heavy atom. The number of alkyl halides is 1. The van der Waals surface area contributed by atoms with Gasteiger partial charge in [-0.2, -0.15) is 0 Å². The third-order valence-electron chi connectivity index (χ3n) is 4.81. The number of carbonyl (C=O) groups excluding carboxylic acids is 1. The Labute approximate surface area is 146 Å². The summed E-state index contributed by atoms with van der Waals surface area (Å²) < 4.78 is 0. The van der Waals surface area contributed by atoms with Gasteiger partial charge in [0.1, 0.15) is 0 Å². The quantitative estimate of drug-likeness (QED) is 0.690. The smallest absolute Gasteiger partial charge is 0.255 e. The van der Waals surface area contributed by atoms with Gasteiger partial charge in [-0.3, -0.25) is 4.79 Å². The molecule has 2 heterocycles. The van der Waals surface area contributed by atoms with Crippen molar-refractivity contribution in [2.24, 2.45) is 0 Å². The van der Waals surface area contributed by atoms with Gasteiger partial charge < -0.3 is 9.88 Å². The van der Waals surface area contributed by atoms with E-state index in [4.69, 9.17) is 11.6 Å². The first-order valence-corrected chi connectivity index (χ1v) is 8.79. The summed E-state index contributed by atoms with van der Waals surface area (Å²) in [6, 6.07) is 16.2. The molecule has 4 heteroatoms. The molecular weight excluding hydrogens is 320 g/mol. The Kier molecular flexibility index (Phi) is 3.81. The lowest BCUT2D eigenvalue weighted by atomic mass is 9.95. The summed E-state index contributed by atoms with van der Waals surface area (Å²) in [6.45, 7) is 2.75. The van der Waals surface area contributed by atoms with E-state index in [-0.39, 0.29) is 11.9 Å². The topological polar surface area (TPSA) is 36.1 Å². The van der Waals surface area contributed by atoms with Crippen molar-refractivity contribution in [1.29, 1.82) is 0 Å². The standard InChI is InChI=1S/C20H19ClN2O/c1-13-18(16-9-4-5-10-17(16)22-13)19-14-7-2-3-8-15(14)20(24)23(19)12-6-11-21/h2-5,7-10,19,22H,6,11-12H2,1H3/t19-/m0/s1. The third kappa shape index (κ3) is 2.23. The highest BCUT2D eigenvalue weighted by Gasteiger charge is 2.38. The number of hydrogen-bond donors (Lipinski definition) is 1. The number of aryl methyl sites for hydroxylation is 1. The molecule has 1 aliphatic rings. The minimum Gasteiger partial charge on any atom is -0.358 e. The molecule has 0 bridgehead atoms. The van der Waals surface area contributed by atoms with Crippen LogP contribution in [0.15, 0.2) is 48.5 Å². The van der Waals surface area contributed by atoms with Gasteiger partial charge in [0.15, 0.2) is 0 Å². The van der Waals surface area contributed by atoms with E-state index in [1.54, 1.807) is 0 Å². The van der Waals surface area contributed by atoms with Gasteiger partial charge in [-0.15, -0.1) is 11.6 Å². The molecular formula is C20H19ClN2O. The van der Waals surface area contributed by atoms with Gasteiger partial charge in [0.2, 0.25) is 0 Å². The van der Waals surface area contributed by atoms with Crippen LogP contribution in [0.1, 0.15) is 39.6 Å². The normalized spacial score (nSPS) is 16.8. The highest BCUT2D eigenvalue weighted by Crippen LogP contribution is 2.42. The summed E-state index contributed by atoms with van der Waals surface area (Å²) in [5.41, 5.74) is 5.31. The molecule has 1 aliphatic heterocycles. The van der Waals surface area contributed by atoms with Gasteiger partial charge in [-0.1, -0.05) is 36.4 Å². The first kappa shape index (κ1) is 15.3. The number of carbonyl (C=O) groups is 1. The van der Waals surface area contributed by atoms with Crippen LogP contribution in [0, 0.1) is 6.92 Å². The summed E-state index contributed by atoms with van der Waals surface area (Å²) in [7, 11) is 0. The second kappa shape index (κ2) is 5.99. The van der Waals surface area contributed by atoms with Crippen molar-refractivity contribution in [2.75, 3.05) is 12.4 Å². The van der Waals surface area contributed by atoms with E-state index >= 15 is 0 Å². The fourth-order valence-electron chi connectivity index (χ4n) is 3.79. The molecule has 1 amide bonds. The summed E-state index contributed by atoms with van der Waals surface area (Å²) in [5.74, 6) is 0.657. The molecule has 0 saturated carbocycles. The van der Waals surface area contributed by atoms with Crippen molar-refractivity contribution in [3.05, 3.63) is 70.9 Å². The lowest BCUT2D eigenvalue weighted by Crippen LogP contribution is -2.30. The Morgan fingerprint density at radius 2 is 1.88 bits per heavy atom.